The van der Waals surface area contributed by atoms with Crippen LogP contribution in [0.25, 0.3) is 11.3 Å². The largest absolute Gasteiger partial charge is 0.475 e. The first-order chi connectivity index (χ1) is 17.4. The summed E-state index contributed by atoms with van der Waals surface area (Å²) in [7, 11) is -4.25. The van der Waals surface area contributed by atoms with E-state index in [9.17, 15) is 13.2 Å². The van der Waals surface area contributed by atoms with Crippen LogP contribution in [0.2, 0.25) is 0 Å². The van der Waals surface area contributed by atoms with Crippen LogP contribution in [-0.2, 0) is 10.0 Å². The Kier molecular flexibility index (Phi) is 7.09. The van der Waals surface area contributed by atoms with Gasteiger partial charge in [0.2, 0.25) is 5.88 Å². The third kappa shape index (κ3) is 5.66. The van der Waals surface area contributed by atoms with Crippen LogP contribution >= 0.6 is 0 Å². The van der Waals surface area contributed by atoms with Gasteiger partial charge in [-0.2, -0.15) is 0 Å². The van der Waals surface area contributed by atoms with E-state index in [0.29, 0.717) is 29.9 Å². The van der Waals surface area contributed by atoms with Gasteiger partial charge in [0.1, 0.15) is 16.5 Å². The fraction of sp³-hybridized carbons (Fsp3) is 0.385. The molecule has 0 radical (unpaired) electrons. The Labute approximate surface area is 217 Å². The van der Waals surface area contributed by atoms with E-state index in [0.717, 1.165) is 12.0 Å². The third-order valence-corrected chi connectivity index (χ3v) is 7.53. The molecule has 3 aromatic heterocycles. The lowest BCUT2D eigenvalue weighted by Crippen LogP contribution is -2.41. The van der Waals surface area contributed by atoms with Gasteiger partial charge in [0.05, 0.1) is 17.4 Å². The summed E-state index contributed by atoms with van der Waals surface area (Å²) in [6.45, 7) is 10.8. The number of amides is 1. The lowest BCUT2D eigenvalue weighted by atomic mass is 9.97. The lowest BCUT2D eigenvalue weighted by Gasteiger charge is -2.34. The van der Waals surface area contributed by atoms with Gasteiger partial charge in [-0.05, 0) is 70.4 Å². The van der Waals surface area contributed by atoms with Crippen molar-refractivity contribution >= 4 is 27.6 Å². The molecule has 1 fully saturated rings. The molecule has 0 unspecified atom stereocenters. The van der Waals surface area contributed by atoms with Crippen LogP contribution in [0.1, 0.15) is 51.4 Å². The second kappa shape index (κ2) is 9.97. The molecule has 0 aromatic carbocycles. The van der Waals surface area contributed by atoms with Crippen molar-refractivity contribution in [3.8, 4) is 17.1 Å². The smallest absolute Gasteiger partial charge is 0.268 e. The summed E-state index contributed by atoms with van der Waals surface area (Å²) in [5.41, 5.74) is 6.94. The summed E-state index contributed by atoms with van der Waals surface area (Å²) in [6, 6.07) is 9.62. The number of pyridine rings is 3. The van der Waals surface area contributed by atoms with Crippen molar-refractivity contribution in [2.24, 2.45) is 5.92 Å². The highest BCUT2D eigenvalue weighted by Gasteiger charge is 2.39. The number of nitrogens with zero attached hydrogens (tertiary/aromatic N) is 4. The van der Waals surface area contributed by atoms with Gasteiger partial charge in [0.15, 0.2) is 0 Å². The highest BCUT2D eigenvalue weighted by Crippen LogP contribution is 2.38. The lowest BCUT2D eigenvalue weighted by molar-refractivity contribution is 0.0981. The molecule has 4 rings (SSSR count). The van der Waals surface area contributed by atoms with Crippen LogP contribution in [0, 0.1) is 5.92 Å². The van der Waals surface area contributed by atoms with Crippen molar-refractivity contribution in [3.63, 3.8) is 0 Å². The van der Waals surface area contributed by atoms with E-state index >= 15 is 0 Å². The molecule has 1 atom stereocenters. The molecule has 1 saturated heterocycles. The maximum atomic E-state index is 13.4. The topological polar surface area (TPSA) is 140 Å². The van der Waals surface area contributed by atoms with Crippen LogP contribution in [0.15, 0.2) is 53.7 Å². The Morgan fingerprint density at radius 2 is 1.95 bits per heavy atom. The summed E-state index contributed by atoms with van der Waals surface area (Å²) in [5.74, 6) is 0.282. The van der Waals surface area contributed by atoms with E-state index in [4.69, 9.17) is 15.5 Å². The van der Waals surface area contributed by atoms with Crippen LogP contribution in [-0.4, -0.2) is 47.5 Å². The number of carbonyl (C=O) groups is 1. The highest BCUT2D eigenvalue weighted by atomic mass is 32.2. The van der Waals surface area contributed by atoms with Crippen molar-refractivity contribution in [2.45, 2.75) is 57.6 Å². The summed E-state index contributed by atoms with van der Waals surface area (Å²) in [5, 5.41) is 0. The zero-order chi connectivity index (χ0) is 27.0. The minimum Gasteiger partial charge on any atom is -0.475 e. The Balaban J connectivity index is 1.74. The fourth-order valence-electron chi connectivity index (χ4n) is 4.66. The van der Waals surface area contributed by atoms with Gasteiger partial charge in [-0.1, -0.05) is 6.92 Å². The summed E-state index contributed by atoms with van der Waals surface area (Å²) < 4.78 is 33.6. The first-order valence-electron chi connectivity index (χ1n) is 12.1. The van der Waals surface area contributed by atoms with Crippen molar-refractivity contribution < 1.29 is 17.9 Å². The maximum Gasteiger partial charge on any atom is 0.268 e. The predicted octanol–water partition coefficient (Wildman–Crippen LogP) is 3.65. The number of nitrogens with two attached hydrogens (primary N) is 1. The van der Waals surface area contributed by atoms with Gasteiger partial charge in [-0.25, -0.2) is 28.1 Å². The van der Waals surface area contributed by atoms with E-state index in [1.54, 1.807) is 24.4 Å². The average Bonchev–Trinajstić information content (AvgIpc) is 3.10. The van der Waals surface area contributed by atoms with Crippen molar-refractivity contribution in [2.75, 3.05) is 17.2 Å². The number of nitrogen functional groups attached to an aromatic ring is 1. The normalized spacial score (nSPS) is 17.1. The molecule has 3 N–H and O–H groups in total. The molecule has 0 bridgehead atoms. The summed E-state index contributed by atoms with van der Waals surface area (Å²) >= 11 is 0. The monoisotopic (exact) mass is 524 g/mol. The molecular weight excluding hydrogens is 492 g/mol. The quantitative estimate of drug-likeness (QED) is 0.474. The number of ether oxygens (including phenoxy) is 1. The van der Waals surface area contributed by atoms with Crippen LogP contribution in [0.4, 0.5) is 11.6 Å². The van der Waals surface area contributed by atoms with Gasteiger partial charge >= 0.3 is 0 Å². The number of carbonyl (C=O) groups excluding carboxylic acids is 1. The zero-order valence-corrected chi connectivity index (χ0v) is 22.4. The number of anilines is 2. The van der Waals surface area contributed by atoms with E-state index in [1.807, 2.05) is 19.9 Å². The van der Waals surface area contributed by atoms with Crippen LogP contribution < -0.4 is 20.1 Å². The molecule has 0 saturated carbocycles. The molecule has 11 heteroatoms. The molecule has 3 aromatic rings. The molecule has 4 heterocycles. The highest BCUT2D eigenvalue weighted by molar-refractivity contribution is 7.90. The van der Waals surface area contributed by atoms with Crippen molar-refractivity contribution in [3.05, 3.63) is 54.4 Å². The second-order valence-electron chi connectivity index (χ2n) is 10.2. The van der Waals surface area contributed by atoms with Gasteiger partial charge in [0.25, 0.3) is 15.9 Å². The van der Waals surface area contributed by atoms with Gasteiger partial charge < -0.3 is 15.4 Å². The Morgan fingerprint density at radius 3 is 2.54 bits per heavy atom. The SMILES string of the molecule is CC(C)Oc1ccc(-c2ccc(C(=O)NS(=O)(=O)c3cccnc3N)c(N3C[C@H](C)CC3(C)C)n2)cn1. The number of hydrogen-bond acceptors (Lipinski definition) is 9. The first-order valence-corrected chi connectivity index (χ1v) is 13.5. The van der Waals surface area contributed by atoms with Gasteiger partial charge in [-0.15, -0.1) is 0 Å². The number of hydrogen-bond donors (Lipinski definition) is 2. The van der Waals surface area contributed by atoms with Crippen LogP contribution in [0.5, 0.6) is 5.88 Å². The zero-order valence-electron chi connectivity index (χ0n) is 21.6. The molecule has 10 nitrogen and oxygen atoms in total. The first kappa shape index (κ1) is 26.3. The molecule has 1 aliphatic heterocycles. The average molecular weight is 525 g/mol. The van der Waals surface area contributed by atoms with Crippen molar-refractivity contribution in [1.82, 2.24) is 19.7 Å². The molecule has 0 aliphatic carbocycles. The predicted molar refractivity (Wildman–Crippen MR) is 142 cm³/mol. The van der Waals surface area contributed by atoms with Gasteiger partial charge in [0, 0.05) is 36.1 Å². The maximum absolute atomic E-state index is 13.4. The molecule has 37 heavy (non-hydrogen) atoms. The second-order valence-corrected chi connectivity index (χ2v) is 11.8. The number of aromatic nitrogens is 3. The minimum absolute atomic E-state index is 0.00134. The van der Waals surface area contributed by atoms with E-state index in [-0.39, 0.29) is 27.9 Å². The summed E-state index contributed by atoms with van der Waals surface area (Å²) in [4.78, 5) is 28.2. The summed E-state index contributed by atoms with van der Waals surface area (Å²) in [6.07, 6.45) is 3.94. The standard InChI is InChI=1S/C26H32N6O4S/c1-16(2)36-22-11-8-18(14-29-22)20-10-9-19(24(30-20)32-15-17(3)13-26(32,4)5)25(33)31-37(34,35)21-7-6-12-28-23(21)27/h6-12,14,16-17H,13,15H2,1-5H3,(H2,27,28)(H,31,33)/t17-/m1/s1. The van der Waals surface area contributed by atoms with Gasteiger partial charge in [-0.3, -0.25) is 4.79 Å². The van der Waals surface area contributed by atoms with E-state index < -0.39 is 15.9 Å². The van der Waals surface area contributed by atoms with Crippen LogP contribution in [0.3, 0.4) is 0 Å². The molecule has 0 spiro atoms. The molecule has 1 aliphatic rings. The fourth-order valence-corrected chi connectivity index (χ4v) is 5.71. The van der Waals surface area contributed by atoms with Crippen molar-refractivity contribution in [1.29, 1.82) is 0 Å². The number of nitrogens with one attached hydrogen (secondary N) is 1. The molecular formula is C26H32N6O4S. The third-order valence-electron chi connectivity index (χ3n) is 6.15. The molecule has 1 amide bonds. The number of sulfonamides is 1. The Bertz CT molecular complexity index is 1410. The Hall–Kier alpha value is -3.73. The van der Waals surface area contributed by atoms with E-state index in [2.05, 4.69) is 40.4 Å². The Morgan fingerprint density at radius 1 is 1.19 bits per heavy atom. The van der Waals surface area contributed by atoms with E-state index in [1.165, 1.54) is 18.3 Å². The minimum atomic E-state index is -4.25. The number of rotatable bonds is 7. The molecule has 196 valence electrons.